The number of rotatable bonds is 6. The summed E-state index contributed by atoms with van der Waals surface area (Å²) in [7, 11) is 0. The molecule has 1 aliphatic rings. The highest BCUT2D eigenvalue weighted by molar-refractivity contribution is 5.33. The topological polar surface area (TPSA) is 29.3 Å². The van der Waals surface area contributed by atoms with Gasteiger partial charge in [0.2, 0.25) is 0 Å². The lowest BCUT2D eigenvalue weighted by molar-refractivity contribution is 0.149. The molecule has 0 heterocycles. The number of nitrogens with two attached hydrogens (primary N) is 1. The molecule has 2 rings (SSSR count). The van der Waals surface area contributed by atoms with Crippen LogP contribution in [-0.2, 0) is 0 Å². The van der Waals surface area contributed by atoms with Crippen LogP contribution < -0.4 is 5.73 Å². The van der Waals surface area contributed by atoms with E-state index in [0.717, 1.165) is 5.92 Å². The summed E-state index contributed by atoms with van der Waals surface area (Å²) in [4.78, 5) is 2.59. The minimum atomic E-state index is 0.362. The molecule has 0 saturated heterocycles. The molecule has 1 aromatic rings. The zero-order chi connectivity index (χ0) is 14.0. The Bertz CT molecular complexity index is 421. The van der Waals surface area contributed by atoms with E-state index >= 15 is 0 Å². The molecule has 0 aliphatic heterocycles. The zero-order valence-corrected chi connectivity index (χ0v) is 12.8. The van der Waals surface area contributed by atoms with Crippen molar-refractivity contribution in [3.63, 3.8) is 0 Å². The summed E-state index contributed by atoms with van der Waals surface area (Å²) in [5, 5.41) is 0. The average Bonchev–Trinajstić information content (AvgIpc) is 3.14. The van der Waals surface area contributed by atoms with E-state index in [1.165, 1.54) is 36.1 Å². The van der Waals surface area contributed by atoms with Gasteiger partial charge in [0.25, 0.3) is 0 Å². The Hall–Kier alpha value is -0.860. The normalized spacial score (nSPS) is 17.2. The predicted molar refractivity (Wildman–Crippen MR) is 82.3 cm³/mol. The molecule has 1 atom stereocenters. The van der Waals surface area contributed by atoms with Crippen LogP contribution in [0.1, 0.15) is 49.4 Å². The molecule has 19 heavy (non-hydrogen) atoms. The van der Waals surface area contributed by atoms with Crippen molar-refractivity contribution < 1.29 is 0 Å². The van der Waals surface area contributed by atoms with Crippen molar-refractivity contribution in [2.24, 2.45) is 11.7 Å². The van der Waals surface area contributed by atoms with Crippen molar-refractivity contribution in [3.05, 3.63) is 34.9 Å². The number of hydrogen-bond donors (Lipinski definition) is 1. The summed E-state index contributed by atoms with van der Waals surface area (Å²) in [6.45, 7) is 10.8. The highest BCUT2D eigenvalue weighted by Gasteiger charge is 2.30. The lowest BCUT2D eigenvalue weighted by Gasteiger charge is -2.35. The van der Waals surface area contributed by atoms with Gasteiger partial charge in [-0.15, -0.1) is 0 Å². The van der Waals surface area contributed by atoms with E-state index in [0.29, 0.717) is 18.6 Å². The van der Waals surface area contributed by atoms with Crippen molar-refractivity contribution in [1.82, 2.24) is 4.90 Å². The first kappa shape index (κ1) is 14.5. The molecule has 106 valence electrons. The van der Waals surface area contributed by atoms with Crippen LogP contribution in [0.25, 0.3) is 0 Å². The first-order valence-corrected chi connectivity index (χ1v) is 7.56. The SMILES string of the molecule is Cc1ccc(C(CN)N(CC2CC2)C(C)C)c(C)c1. The van der Waals surface area contributed by atoms with Crippen LogP contribution in [0, 0.1) is 19.8 Å². The minimum absolute atomic E-state index is 0.362. The summed E-state index contributed by atoms with van der Waals surface area (Å²) < 4.78 is 0. The fraction of sp³-hybridized carbons (Fsp3) is 0.647. The summed E-state index contributed by atoms with van der Waals surface area (Å²) in [5.41, 5.74) is 10.2. The Morgan fingerprint density at radius 3 is 2.42 bits per heavy atom. The largest absolute Gasteiger partial charge is 0.329 e. The van der Waals surface area contributed by atoms with Crippen molar-refractivity contribution in [2.75, 3.05) is 13.1 Å². The molecule has 0 bridgehead atoms. The summed E-state index contributed by atoms with van der Waals surface area (Å²) in [6, 6.07) is 7.66. The van der Waals surface area contributed by atoms with Crippen LogP contribution in [-0.4, -0.2) is 24.0 Å². The van der Waals surface area contributed by atoms with Gasteiger partial charge in [-0.25, -0.2) is 0 Å². The molecule has 1 unspecified atom stereocenters. The molecule has 0 spiro atoms. The van der Waals surface area contributed by atoms with Crippen LogP contribution in [0.4, 0.5) is 0 Å². The number of benzene rings is 1. The third-order valence-corrected chi connectivity index (χ3v) is 4.24. The molecule has 0 amide bonds. The van der Waals surface area contributed by atoms with Crippen LogP contribution in [0.2, 0.25) is 0 Å². The second kappa shape index (κ2) is 6.06. The van der Waals surface area contributed by atoms with Gasteiger partial charge >= 0.3 is 0 Å². The summed E-state index contributed by atoms with van der Waals surface area (Å²) >= 11 is 0. The Balaban J connectivity index is 2.24. The molecule has 1 aromatic carbocycles. The van der Waals surface area contributed by atoms with E-state index in [2.05, 4.69) is 50.8 Å². The van der Waals surface area contributed by atoms with Gasteiger partial charge < -0.3 is 5.73 Å². The minimum Gasteiger partial charge on any atom is -0.329 e. The zero-order valence-electron chi connectivity index (χ0n) is 12.8. The quantitative estimate of drug-likeness (QED) is 0.849. The third kappa shape index (κ3) is 3.58. The fourth-order valence-corrected chi connectivity index (χ4v) is 2.94. The second-order valence-electron chi connectivity index (χ2n) is 6.35. The van der Waals surface area contributed by atoms with Crippen LogP contribution in [0.3, 0.4) is 0 Å². The molecule has 2 nitrogen and oxygen atoms in total. The monoisotopic (exact) mass is 260 g/mol. The number of aryl methyl sites for hydroxylation is 2. The number of hydrogen-bond acceptors (Lipinski definition) is 2. The van der Waals surface area contributed by atoms with E-state index in [1.807, 2.05) is 0 Å². The Kier molecular flexibility index (Phi) is 4.64. The van der Waals surface area contributed by atoms with Gasteiger partial charge in [0.15, 0.2) is 0 Å². The van der Waals surface area contributed by atoms with Gasteiger partial charge in [-0.1, -0.05) is 23.8 Å². The lowest BCUT2D eigenvalue weighted by Crippen LogP contribution is -2.40. The van der Waals surface area contributed by atoms with Gasteiger partial charge in [-0.3, -0.25) is 4.90 Å². The van der Waals surface area contributed by atoms with Gasteiger partial charge in [0.1, 0.15) is 0 Å². The molecule has 2 heteroatoms. The molecule has 0 radical (unpaired) electrons. The highest BCUT2D eigenvalue weighted by Crippen LogP contribution is 2.34. The van der Waals surface area contributed by atoms with Crippen LogP contribution in [0.5, 0.6) is 0 Å². The van der Waals surface area contributed by atoms with Gasteiger partial charge in [-0.2, -0.15) is 0 Å². The molecule has 1 saturated carbocycles. The Morgan fingerprint density at radius 1 is 1.26 bits per heavy atom. The number of nitrogens with zero attached hydrogens (tertiary/aromatic N) is 1. The van der Waals surface area contributed by atoms with E-state index in [1.54, 1.807) is 0 Å². The fourth-order valence-electron chi connectivity index (χ4n) is 2.94. The van der Waals surface area contributed by atoms with E-state index in [9.17, 15) is 0 Å². The van der Waals surface area contributed by atoms with Gasteiger partial charge in [0, 0.05) is 25.2 Å². The second-order valence-corrected chi connectivity index (χ2v) is 6.35. The first-order valence-electron chi connectivity index (χ1n) is 7.56. The van der Waals surface area contributed by atoms with E-state index in [4.69, 9.17) is 5.73 Å². The lowest BCUT2D eigenvalue weighted by atomic mass is 9.97. The first-order chi connectivity index (χ1) is 9.02. The van der Waals surface area contributed by atoms with Crippen LogP contribution in [0.15, 0.2) is 18.2 Å². The molecule has 1 aliphatic carbocycles. The average molecular weight is 260 g/mol. The summed E-state index contributed by atoms with van der Waals surface area (Å²) in [5.74, 6) is 0.905. The van der Waals surface area contributed by atoms with Crippen molar-refractivity contribution in [1.29, 1.82) is 0 Å². The molecule has 1 fully saturated rings. The maximum Gasteiger partial charge on any atom is 0.0475 e. The van der Waals surface area contributed by atoms with Crippen molar-refractivity contribution in [3.8, 4) is 0 Å². The Labute approximate surface area is 118 Å². The maximum atomic E-state index is 6.10. The molecule has 0 aromatic heterocycles. The summed E-state index contributed by atoms with van der Waals surface area (Å²) in [6.07, 6.45) is 2.79. The van der Waals surface area contributed by atoms with Gasteiger partial charge in [-0.05, 0) is 57.6 Å². The Morgan fingerprint density at radius 2 is 1.95 bits per heavy atom. The predicted octanol–water partition coefficient (Wildman–Crippen LogP) is 3.42. The standard InChI is InChI=1S/C17H28N2/c1-12(2)19(11-15-6-7-15)17(10-18)16-8-5-13(3)9-14(16)4/h5,8-9,12,15,17H,6-7,10-11,18H2,1-4H3. The molecular formula is C17H28N2. The van der Waals surface area contributed by atoms with E-state index < -0.39 is 0 Å². The van der Waals surface area contributed by atoms with Crippen molar-refractivity contribution in [2.45, 2.75) is 52.6 Å². The highest BCUT2D eigenvalue weighted by atomic mass is 15.2. The van der Waals surface area contributed by atoms with Crippen molar-refractivity contribution >= 4 is 0 Å². The smallest absolute Gasteiger partial charge is 0.0475 e. The molecule has 2 N–H and O–H groups in total. The third-order valence-electron chi connectivity index (χ3n) is 4.24. The van der Waals surface area contributed by atoms with Crippen LogP contribution >= 0.6 is 0 Å². The van der Waals surface area contributed by atoms with E-state index in [-0.39, 0.29) is 0 Å². The maximum absolute atomic E-state index is 6.10. The molecular weight excluding hydrogens is 232 g/mol. The van der Waals surface area contributed by atoms with Gasteiger partial charge in [0.05, 0.1) is 0 Å².